The zero-order valence-electron chi connectivity index (χ0n) is 19.6. The van der Waals surface area contributed by atoms with Gasteiger partial charge in [0, 0.05) is 6.42 Å². The van der Waals surface area contributed by atoms with Crippen molar-refractivity contribution >= 4 is 10.1 Å². The predicted octanol–water partition coefficient (Wildman–Crippen LogP) is 6.94. The third-order valence-corrected chi connectivity index (χ3v) is 9.64. The number of alkyl halides is 2. The fourth-order valence-electron chi connectivity index (χ4n) is 6.48. The van der Waals surface area contributed by atoms with Crippen molar-refractivity contribution in [2.45, 2.75) is 75.4 Å². The van der Waals surface area contributed by atoms with Gasteiger partial charge in [-0.2, -0.15) is 17.2 Å². The lowest BCUT2D eigenvalue weighted by Gasteiger charge is -2.26. The molecule has 0 radical (unpaired) electrons. The molecule has 3 fully saturated rings. The molecule has 3 saturated carbocycles. The first-order valence-electron chi connectivity index (χ1n) is 12.6. The molecule has 2 aromatic carbocycles. The molecule has 0 aliphatic heterocycles. The highest BCUT2D eigenvalue weighted by molar-refractivity contribution is 7.88. The summed E-state index contributed by atoms with van der Waals surface area (Å²) in [6.45, 7) is 0. The second-order valence-corrected chi connectivity index (χ2v) is 12.2. The first-order chi connectivity index (χ1) is 16.6. The summed E-state index contributed by atoms with van der Waals surface area (Å²) in [6.07, 6.45) is 8.50. The molecular weight excluding hydrogens is 474 g/mol. The Morgan fingerprint density at radius 2 is 1.63 bits per heavy atom. The Morgan fingerprint density at radius 1 is 0.914 bits per heavy atom. The van der Waals surface area contributed by atoms with Crippen molar-refractivity contribution in [3.63, 3.8) is 0 Å². The highest BCUT2D eigenvalue weighted by Gasteiger charge is 2.53. The topological polar surface area (TPSA) is 83.8 Å². The Kier molecular flexibility index (Phi) is 6.45. The second kappa shape index (κ2) is 9.26. The summed E-state index contributed by atoms with van der Waals surface area (Å²) in [5, 5.41) is 17.1. The summed E-state index contributed by atoms with van der Waals surface area (Å²) in [5.74, 6) is -0.919. The van der Waals surface area contributed by atoms with Gasteiger partial charge in [-0.3, -0.25) is 0 Å². The van der Waals surface area contributed by atoms with E-state index >= 15 is 0 Å². The normalized spacial score (nSPS) is 25.1. The highest BCUT2D eigenvalue weighted by Crippen LogP contribution is 2.52. The molecule has 2 N–H and O–H groups in total. The lowest BCUT2D eigenvalue weighted by Crippen LogP contribution is -2.36. The van der Waals surface area contributed by atoms with Crippen molar-refractivity contribution in [2.75, 3.05) is 0 Å². The highest BCUT2D eigenvalue weighted by atomic mass is 32.2. The van der Waals surface area contributed by atoms with Crippen molar-refractivity contribution in [3.05, 3.63) is 42.0 Å². The summed E-state index contributed by atoms with van der Waals surface area (Å²) in [5.41, 5.74) is 1.56. The lowest BCUT2D eigenvalue weighted by atomic mass is 9.83. The molecule has 0 spiro atoms. The standard InChI is InChI=1S/C27H32F2O5S/c28-27(29,16-22-15-17-6-7-21(22)14-17)35(32,33)34-24-13-12-23(30)25(26(24)31)20-10-8-19(9-11-20)18-4-2-1-3-5-18/h8-13,17-18,21-22,30-31H,1-7,14-16H2. The largest absolute Gasteiger partial charge is 0.507 e. The number of benzene rings is 2. The average molecular weight is 507 g/mol. The van der Waals surface area contributed by atoms with Crippen LogP contribution in [0.1, 0.15) is 75.7 Å². The SMILES string of the molecule is O=S(=O)(Oc1ccc(O)c(-c2ccc(C3CCCCC3)cc2)c1O)C(F)(F)CC1CC2CCC1C2. The maximum absolute atomic E-state index is 14.9. The number of hydrogen-bond acceptors (Lipinski definition) is 5. The van der Waals surface area contributed by atoms with E-state index in [2.05, 4.69) is 0 Å². The van der Waals surface area contributed by atoms with Crippen LogP contribution in [0.2, 0.25) is 0 Å². The van der Waals surface area contributed by atoms with Crippen LogP contribution in [0.3, 0.4) is 0 Å². The summed E-state index contributed by atoms with van der Waals surface area (Å²) >= 11 is 0. The molecule has 5 nitrogen and oxygen atoms in total. The Balaban J connectivity index is 1.36. The Morgan fingerprint density at radius 3 is 2.26 bits per heavy atom. The van der Waals surface area contributed by atoms with Crippen LogP contribution >= 0.6 is 0 Å². The first-order valence-corrected chi connectivity index (χ1v) is 14.0. The lowest BCUT2D eigenvalue weighted by molar-refractivity contribution is 0.0434. The van der Waals surface area contributed by atoms with Crippen LogP contribution in [0.5, 0.6) is 17.2 Å². The minimum Gasteiger partial charge on any atom is -0.507 e. The number of fused-ring (bicyclic) bond motifs is 2. The molecule has 190 valence electrons. The van der Waals surface area contributed by atoms with Crippen LogP contribution in [0.25, 0.3) is 11.1 Å². The first kappa shape index (κ1) is 24.3. The van der Waals surface area contributed by atoms with Crippen LogP contribution in [-0.4, -0.2) is 23.9 Å². The van der Waals surface area contributed by atoms with E-state index in [9.17, 15) is 27.4 Å². The quantitative estimate of drug-likeness (QED) is 0.398. The minimum absolute atomic E-state index is 0.0516. The molecule has 0 heterocycles. The van der Waals surface area contributed by atoms with Crippen molar-refractivity contribution in [3.8, 4) is 28.4 Å². The van der Waals surface area contributed by atoms with E-state index in [1.54, 1.807) is 12.1 Å². The van der Waals surface area contributed by atoms with Crippen molar-refractivity contribution in [1.29, 1.82) is 0 Å². The van der Waals surface area contributed by atoms with Crippen molar-refractivity contribution in [1.82, 2.24) is 0 Å². The summed E-state index contributed by atoms with van der Waals surface area (Å²) < 4.78 is 59.7. The van der Waals surface area contributed by atoms with Gasteiger partial charge in [-0.1, -0.05) is 49.9 Å². The molecule has 0 amide bonds. The fraction of sp³-hybridized carbons (Fsp3) is 0.556. The Bertz CT molecular complexity index is 1170. The average Bonchev–Trinajstić information content (AvgIpc) is 3.45. The summed E-state index contributed by atoms with van der Waals surface area (Å²) in [7, 11) is -5.35. The monoisotopic (exact) mass is 506 g/mol. The molecule has 5 rings (SSSR count). The van der Waals surface area contributed by atoms with E-state index in [1.807, 2.05) is 12.1 Å². The van der Waals surface area contributed by atoms with Gasteiger partial charge in [0.2, 0.25) is 0 Å². The van der Waals surface area contributed by atoms with Crippen LogP contribution in [0.15, 0.2) is 36.4 Å². The third-order valence-electron chi connectivity index (χ3n) is 8.34. The number of hydrogen-bond donors (Lipinski definition) is 2. The second-order valence-electron chi connectivity index (χ2n) is 10.6. The van der Waals surface area contributed by atoms with E-state index in [0.29, 0.717) is 23.8 Å². The maximum Gasteiger partial charge on any atom is 0.380 e. The smallest absolute Gasteiger partial charge is 0.380 e. The molecule has 8 heteroatoms. The number of aromatic hydroxyl groups is 2. The van der Waals surface area contributed by atoms with Gasteiger partial charge in [0.15, 0.2) is 11.5 Å². The van der Waals surface area contributed by atoms with E-state index in [1.165, 1.54) is 24.8 Å². The summed E-state index contributed by atoms with van der Waals surface area (Å²) in [4.78, 5) is 0. The van der Waals surface area contributed by atoms with Crippen LogP contribution in [0.4, 0.5) is 8.78 Å². The van der Waals surface area contributed by atoms with E-state index in [0.717, 1.165) is 44.2 Å². The van der Waals surface area contributed by atoms with Gasteiger partial charge in [-0.05, 0) is 79.0 Å². The van der Waals surface area contributed by atoms with Crippen molar-refractivity contribution < 1.29 is 31.6 Å². The molecular formula is C27H32F2O5S. The zero-order valence-corrected chi connectivity index (χ0v) is 20.4. The summed E-state index contributed by atoms with van der Waals surface area (Å²) in [6, 6.07) is 9.47. The van der Waals surface area contributed by atoms with Gasteiger partial charge in [-0.15, -0.1) is 0 Å². The maximum atomic E-state index is 14.9. The van der Waals surface area contributed by atoms with E-state index < -0.39 is 33.3 Å². The minimum atomic E-state index is -5.35. The molecule has 3 aliphatic carbocycles. The van der Waals surface area contributed by atoms with Crippen LogP contribution in [-0.2, 0) is 10.1 Å². The van der Waals surface area contributed by atoms with E-state index in [4.69, 9.17) is 4.18 Å². The molecule has 0 aromatic heterocycles. The van der Waals surface area contributed by atoms with Gasteiger partial charge >= 0.3 is 15.4 Å². The molecule has 2 aromatic rings. The number of phenolic OH excluding ortho intramolecular Hbond substituents is 2. The Labute approximate surface area is 205 Å². The molecule has 3 atom stereocenters. The molecule has 35 heavy (non-hydrogen) atoms. The molecule has 2 bridgehead atoms. The third kappa shape index (κ3) is 4.74. The van der Waals surface area contributed by atoms with Gasteiger partial charge < -0.3 is 14.4 Å². The number of phenols is 2. The number of rotatable bonds is 7. The van der Waals surface area contributed by atoms with Gasteiger partial charge in [0.05, 0.1) is 5.56 Å². The molecule has 0 saturated heterocycles. The molecule has 3 unspecified atom stereocenters. The zero-order chi connectivity index (χ0) is 24.8. The van der Waals surface area contributed by atoms with Gasteiger partial charge in [0.1, 0.15) is 5.75 Å². The fourth-order valence-corrected chi connectivity index (χ4v) is 7.40. The van der Waals surface area contributed by atoms with Crippen molar-refractivity contribution in [2.24, 2.45) is 17.8 Å². The van der Waals surface area contributed by atoms with Gasteiger partial charge in [-0.25, -0.2) is 0 Å². The number of halogens is 2. The van der Waals surface area contributed by atoms with Gasteiger partial charge in [0.25, 0.3) is 0 Å². The predicted molar refractivity (Wildman–Crippen MR) is 129 cm³/mol. The van der Waals surface area contributed by atoms with E-state index in [-0.39, 0.29) is 23.1 Å². The van der Waals surface area contributed by atoms with Crippen LogP contribution in [0, 0.1) is 17.8 Å². The molecule has 3 aliphatic rings. The Hall–Kier alpha value is -2.35. The van der Waals surface area contributed by atoms with Crippen LogP contribution < -0.4 is 4.18 Å².